The molecule has 0 aromatic heterocycles. The van der Waals surface area contributed by atoms with E-state index in [1.54, 1.807) is 0 Å². The van der Waals surface area contributed by atoms with Gasteiger partial charge in [0.2, 0.25) is 0 Å². The van der Waals surface area contributed by atoms with E-state index in [1.807, 2.05) is 56.0 Å². The maximum Gasteiger partial charge on any atom is 0.263 e. The Bertz CT molecular complexity index is 844. The minimum atomic E-state index is -0.444. The third-order valence-corrected chi connectivity index (χ3v) is 5.60. The smallest absolute Gasteiger partial charge is 0.263 e. The fourth-order valence-electron chi connectivity index (χ4n) is 3.59. The Labute approximate surface area is 173 Å². The van der Waals surface area contributed by atoms with Gasteiger partial charge in [-0.25, -0.2) is 0 Å². The summed E-state index contributed by atoms with van der Waals surface area (Å²) in [6, 6.07) is 12.1. The van der Waals surface area contributed by atoms with Crippen LogP contribution in [0.3, 0.4) is 0 Å². The van der Waals surface area contributed by atoms with Gasteiger partial charge in [0.15, 0.2) is 6.10 Å². The van der Waals surface area contributed by atoms with E-state index in [2.05, 4.69) is 17.9 Å². The Morgan fingerprint density at radius 3 is 2.39 bits per heavy atom. The predicted molar refractivity (Wildman–Crippen MR) is 116 cm³/mol. The summed E-state index contributed by atoms with van der Waals surface area (Å²) < 4.78 is 6.11. The normalized spacial score (nSPS) is 15.5. The number of piperazine rings is 1. The highest BCUT2D eigenvalue weighted by Crippen LogP contribution is 2.26. The lowest BCUT2D eigenvalue weighted by atomic mass is 10.1. The van der Waals surface area contributed by atoms with Gasteiger partial charge in [-0.15, -0.1) is 0 Å². The van der Waals surface area contributed by atoms with Gasteiger partial charge in [-0.05, 0) is 62.1 Å². The van der Waals surface area contributed by atoms with E-state index < -0.39 is 6.10 Å². The lowest BCUT2D eigenvalue weighted by Crippen LogP contribution is -2.52. The van der Waals surface area contributed by atoms with Gasteiger partial charge < -0.3 is 14.5 Å². The summed E-state index contributed by atoms with van der Waals surface area (Å²) in [4.78, 5) is 17.3. The summed E-state index contributed by atoms with van der Waals surface area (Å²) >= 11 is 6.17. The topological polar surface area (TPSA) is 32.8 Å². The zero-order valence-electron chi connectivity index (χ0n) is 17.2. The number of carbonyl (C=O) groups is 1. The summed E-state index contributed by atoms with van der Waals surface area (Å²) in [6.07, 6.45) is 0.208. The van der Waals surface area contributed by atoms with E-state index >= 15 is 0 Å². The van der Waals surface area contributed by atoms with E-state index in [4.69, 9.17) is 16.3 Å². The number of nitrogens with zero attached hydrogens (tertiary/aromatic N) is 2. The highest BCUT2D eigenvalue weighted by Gasteiger charge is 2.28. The van der Waals surface area contributed by atoms with Gasteiger partial charge in [-0.3, -0.25) is 4.79 Å². The Balaban J connectivity index is 1.64. The van der Waals surface area contributed by atoms with Crippen LogP contribution in [0, 0.1) is 20.8 Å². The first-order valence-electron chi connectivity index (χ1n) is 9.93. The van der Waals surface area contributed by atoms with E-state index in [0.29, 0.717) is 19.5 Å². The number of amides is 1. The molecule has 1 aliphatic heterocycles. The monoisotopic (exact) mass is 400 g/mol. The highest BCUT2D eigenvalue weighted by atomic mass is 35.5. The van der Waals surface area contributed by atoms with E-state index in [0.717, 1.165) is 40.7 Å². The summed E-state index contributed by atoms with van der Waals surface area (Å²) in [5.41, 5.74) is 4.54. The van der Waals surface area contributed by atoms with Crippen molar-refractivity contribution < 1.29 is 9.53 Å². The van der Waals surface area contributed by atoms with Crippen molar-refractivity contribution in [2.45, 2.75) is 40.2 Å². The lowest BCUT2D eigenvalue weighted by molar-refractivity contribution is -0.139. The van der Waals surface area contributed by atoms with Gasteiger partial charge in [0.25, 0.3) is 5.91 Å². The van der Waals surface area contributed by atoms with Crippen LogP contribution in [-0.4, -0.2) is 43.1 Å². The van der Waals surface area contributed by atoms with Gasteiger partial charge in [0.1, 0.15) is 5.75 Å². The average Bonchev–Trinajstić information content (AvgIpc) is 2.70. The second kappa shape index (κ2) is 8.87. The van der Waals surface area contributed by atoms with Crippen molar-refractivity contribution in [2.24, 2.45) is 0 Å². The van der Waals surface area contributed by atoms with Gasteiger partial charge in [-0.2, -0.15) is 0 Å². The SMILES string of the molecule is CC[C@H](Oc1cc(C)ccc1C)C(=O)N1CCN(c2cc(Cl)ccc2C)CC1. The molecule has 0 bridgehead atoms. The number of ether oxygens (including phenoxy) is 1. The predicted octanol–water partition coefficient (Wildman–Crippen LogP) is 4.77. The molecule has 4 nitrogen and oxygen atoms in total. The zero-order valence-corrected chi connectivity index (χ0v) is 17.9. The number of aryl methyl sites for hydroxylation is 3. The van der Waals surface area contributed by atoms with Gasteiger partial charge >= 0.3 is 0 Å². The number of hydrogen-bond acceptors (Lipinski definition) is 3. The first-order valence-corrected chi connectivity index (χ1v) is 10.3. The molecule has 0 unspecified atom stereocenters. The molecule has 2 aromatic rings. The van der Waals surface area contributed by atoms with Crippen molar-refractivity contribution in [3.05, 3.63) is 58.1 Å². The van der Waals surface area contributed by atoms with Crippen LogP contribution in [0.5, 0.6) is 5.75 Å². The second-order valence-corrected chi connectivity index (χ2v) is 7.96. The number of carbonyl (C=O) groups excluding carboxylic acids is 1. The molecular formula is C23H29ClN2O2. The van der Waals surface area contributed by atoms with Crippen LogP contribution >= 0.6 is 11.6 Å². The van der Waals surface area contributed by atoms with Crippen LogP contribution in [0.15, 0.2) is 36.4 Å². The molecule has 1 aliphatic rings. The fourth-order valence-corrected chi connectivity index (χ4v) is 3.76. The maximum absolute atomic E-state index is 13.1. The quantitative estimate of drug-likeness (QED) is 0.724. The molecule has 0 radical (unpaired) electrons. The van der Waals surface area contributed by atoms with E-state index in [9.17, 15) is 4.79 Å². The Hall–Kier alpha value is -2.20. The molecule has 2 aromatic carbocycles. The molecule has 1 fully saturated rings. The largest absolute Gasteiger partial charge is 0.480 e. The highest BCUT2D eigenvalue weighted by molar-refractivity contribution is 6.30. The second-order valence-electron chi connectivity index (χ2n) is 7.53. The van der Waals surface area contributed by atoms with Crippen molar-refractivity contribution >= 4 is 23.2 Å². The molecule has 28 heavy (non-hydrogen) atoms. The van der Waals surface area contributed by atoms with Crippen molar-refractivity contribution in [3.8, 4) is 5.75 Å². The molecule has 1 atom stereocenters. The van der Waals surface area contributed by atoms with Gasteiger partial charge in [0, 0.05) is 36.9 Å². The number of hydrogen-bond donors (Lipinski definition) is 0. The first kappa shape index (κ1) is 20.5. The van der Waals surface area contributed by atoms with Crippen molar-refractivity contribution in [3.63, 3.8) is 0 Å². The zero-order chi connectivity index (χ0) is 20.3. The summed E-state index contributed by atoms with van der Waals surface area (Å²) in [7, 11) is 0. The molecule has 0 spiro atoms. The van der Waals surface area contributed by atoms with E-state index in [1.165, 1.54) is 5.56 Å². The number of halogens is 1. The minimum Gasteiger partial charge on any atom is -0.480 e. The summed E-state index contributed by atoms with van der Waals surface area (Å²) in [5, 5.41) is 0.743. The average molecular weight is 401 g/mol. The summed E-state index contributed by atoms with van der Waals surface area (Å²) in [5.74, 6) is 0.874. The molecule has 0 saturated carbocycles. The van der Waals surface area contributed by atoms with Crippen molar-refractivity contribution in [1.82, 2.24) is 4.90 Å². The number of benzene rings is 2. The Morgan fingerprint density at radius 2 is 1.71 bits per heavy atom. The fraction of sp³-hybridized carbons (Fsp3) is 0.435. The Kier molecular flexibility index (Phi) is 6.50. The third-order valence-electron chi connectivity index (χ3n) is 5.36. The van der Waals surface area contributed by atoms with Gasteiger partial charge in [0.05, 0.1) is 0 Å². The van der Waals surface area contributed by atoms with Gasteiger partial charge in [-0.1, -0.05) is 36.7 Å². The van der Waals surface area contributed by atoms with E-state index in [-0.39, 0.29) is 5.91 Å². The molecular weight excluding hydrogens is 372 g/mol. The standard InChI is InChI=1S/C23H29ClN2O2/c1-5-21(28-22-14-16(2)6-7-18(22)4)23(27)26-12-10-25(11-13-26)20-15-19(24)9-8-17(20)3/h6-9,14-15,21H,5,10-13H2,1-4H3/t21-/m0/s1. The molecule has 0 N–H and O–H groups in total. The van der Waals surface area contributed by atoms with Crippen molar-refractivity contribution in [2.75, 3.05) is 31.1 Å². The maximum atomic E-state index is 13.1. The van der Waals surface area contributed by atoms with Crippen LogP contribution in [0.2, 0.25) is 5.02 Å². The summed E-state index contributed by atoms with van der Waals surface area (Å²) in [6.45, 7) is 11.1. The van der Waals surface area contributed by atoms with Crippen LogP contribution in [-0.2, 0) is 4.79 Å². The molecule has 1 amide bonds. The Morgan fingerprint density at radius 1 is 1.04 bits per heavy atom. The first-order chi connectivity index (χ1) is 13.4. The van der Waals surface area contributed by atoms with Crippen LogP contribution < -0.4 is 9.64 Å². The van der Waals surface area contributed by atoms with Crippen LogP contribution in [0.4, 0.5) is 5.69 Å². The van der Waals surface area contributed by atoms with Crippen LogP contribution in [0.1, 0.15) is 30.0 Å². The minimum absolute atomic E-state index is 0.0749. The van der Waals surface area contributed by atoms with Crippen molar-refractivity contribution in [1.29, 1.82) is 0 Å². The number of anilines is 1. The van der Waals surface area contributed by atoms with Crippen LogP contribution in [0.25, 0.3) is 0 Å². The lowest BCUT2D eigenvalue weighted by Gasteiger charge is -2.38. The molecule has 150 valence electrons. The number of rotatable bonds is 5. The molecule has 0 aliphatic carbocycles. The molecule has 5 heteroatoms. The molecule has 3 rings (SSSR count). The molecule has 1 heterocycles. The molecule has 1 saturated heterocycles. The third kappa shape index (κ3) is 4.61.